The minimum absolute atomic E-state index is 0.297. The van der Waals surface area contributed by atoms with E-state index in [-0.39, 0.29) is 0 Å². The van der Waals surface area contributed by atoms with Crippen LogP contribution in [0, 0.1) is 0 Å². The van der Waals surface area contributed by atoms with E-state index >= 15 is 0 Å². The standard InChI is InChI=1S/C14H23N3O2/c1-19-13-5-4-6-15-14(13)17-10-8-16(9-11-17)7-2-3-12-18/h4-6,18H,2-3,7-12H2,1H3. The Morgan fingerprint density at radius 1 is 1.26 bits per heavy atom. The quantitative estimate of drug-likeness (QED) is 0.777. The van der Waals surface area contributed by atoms with Gasteiger partial charge in [-0.1, -0.05) is 0 Å². The first-order chi connectivity index (χ1) is 9.35. The van der Waals surface area contributed by atoms with Gasteiger partial charge in [0.2, 0.25) is 0 Å². The molecule has 1 aromatic rings. The number of pyridine rings is 1. The Morgan fingerprint density at radius 3 is 2.74 bits per heavy atom. The average molecular weight is 265 g/mol. The van der Waals surface area contributed by atoms with Gasteiger partial charge in [-0.25, -0.2) is 4.98 Å². The van der Waals surface area contributed by atoms with E-state index in [1.807, 2.05) is 18.3 Å². The van der Waals surface area contributed by atoms with Crippen LogP contribution in [-0.4, -0.2) is 61.4 Å². The molecule has 0 saturated carbocycles. The van der Waals surface area contributed by atoms with Crippen molar-refractivity contribution in [2.24, 2.45) is 0 Å². The number of ether oxygens (including phenoxy) is 1. The number of rotatable bonds is 6. The van der Waals surface area contributed by atoms with Gasteiger partial charge in [0.15, 0.2) is 11.6 Å². The summed E-state index contributed by atoms with van der Waals surface area (Å²) >= 11 is 0. The number of hydrogen-bond donors (Lipinski definition) is 1. The highest BCUT2D eigenvalue weighted by Gasteiger charge is 2.19. The minimum Gasteiger partial charge on any atom is -0.493 e. The predicted octanol–water partition coefficient (Wildman–Crippen LogP) is 0.985. The van der Waals surface area contributed by atoms with E-state index in [9.17, 15) is 0 Å². The van der Waals surface area contributed by atoms with E-state index < -0.39 is 0 Å². The second kappa shape index (κ2) is 7.31. The summed E-state index contributed by atoms with van der Waals surface area (Å²) in [5.74, 6) is 1.79. The van der Waals surface area contributed by atoms with Gasteiger partial charge in [-0.2, -0.15) is 0 Å². The van der Waals surface area contributed by atoms with Gasteiger partial charge in [-0.3, -0.25) is 4.90 Å². The molecule has 2 rings (SSSR count). The molecule has 1 N–H and O–H groups in total. The van der Waals surface area contributed by atoms with E-state index in [1.54, 1.807) is 7.11 Å². The molecule has 0 radical (unpaired) electrons. The van der Waals surface area contributed by atoms with Crippen molar-refractivity contribution in [2.75, 3.05) is 51.3 Å². The summed E-state index contributed by atoms with van der Waals surface area (Å²) in [6.45, 7) is 5.42. The maximum atomic E-state index is 8.80. The molecule has 5 nitrogen and oxygen atoms in total. The van der Waals surface area contributed by atoms with Crippen LogP contribution in [0.2, 0.25) is 0 Å². The predicted molar refractivity (Wildman–Crippen MR) is 75.8 cm³/mol. The molecular weight excluding hydrogens is 242 g/mol. The van der Waals surface area contributed by atoms with Gasteiger partial charge >= 0.3 is 0 Å². The molecule has 2 heterocycles. The van der Waals surface area contributed by atoms with Gasteiger partial charge in [-0.15, -0.1) is 0 Å². The highest BCUT2D eigenvalue weighted by molar-refractivity contribution is 5.52. The van der Waals surface area contributed by atoms with Gasteiger partial charge in [-0.05, 0) is 31.5 Å². The second-order valence-electron chi connectivity index (χ2n) is 4.79. The van der Waals surface area contributed by atoms with Crippen LogP contribution >= 0.6 is 0 Å². The van der Waals surface area contributed by atoms with E-state index in [4.69, 9.17) is 9.84 Å². The monoisotopic (exact) mass is 265 g/mol. The largest absolute Gasteiger partial charge is 0.493 e. The van der Waals surface area contributed by atoms with E-state index in [2.05, 4.69) is 14.8 Å². The summed E-state index contributed by atoms with van der Waals surface area (Å²) in [4.78, 5) is 9.15. The van der Waals surface area contributed by atoms with Gasteiger partial charge in [0, 0.05) is 39.0 Å². The fraction of sp³-hybridized carbons (Fsp3) is 0.643. The van der Waals surface area contributed by atoms with Crippen molar-refractivity contribution in [2.45, 2.75) is 12.8 Å². The third-order valence-corrected chi connectivity index (χ3v) is 3.53. The molecule has 0 aliphatic carbocycles. The summed E-state index contributed by atoms with van der Waals surface area (Å²) in [7, 11) is 1.69. The Balaban J connectivity index is 1.85. The zero-order valence-corrected chi connectivity index (χ0v) is 11.6. The van der Waals surface area contributed by atoms with Crippen molar-refractivity contribution in [1.82, 2.24) is 9.88 Å². The van der Waals surface area contributed by atoms with Gasteiger partial charge < -0.3 is 14.7 Å². The summed E-state index contributed by atoms with van der Waals surface area (Å²) in [5.41, 5.74) is 0. The molecule has 1 aromatic heterocycles. The van der Waals surface area contributed by atoms with Crippen LogP contribution in [0.3, 0.4) is 0 Å². The number of piperazine rings is 1. The maximum Gasteiger partial charge on any atom is 0.171 e. The van der Waals surface area contributed by atoms with Crippen molar-refractivity contribution in [3.8, 4) is 5.75 Å². The fourth-order valence-electron chi connectivity index (χ4n) is 2.41. The first-order valence-electron chi connectivity index (χ1n) is 6.92. The Labute approximate surface area is 114 Å². The van der Waals surface area contributed by atoms with Gasteiger partial charge in [0.1, 0.15) is 0 Å². The van der Waals surface area contributed by atoms with Crippen molar-refractivity contribution in [1.29, 1.82) is 0 Å². The van der Waals surface area contributed by atoms with Crippen LogP contribution < -0.4 is 9.64 Å². The van der Waals surface area contributed by atoms with Crippen molar-refractivity contribution >= 4 is 5.82 Å². The first-order valence-corrected chi connectivity index (χ1v) is 6.92. The van der Waals surface area contributed by atoms with Crippen LogP contribution in [0.25, 0.3) is 0 Å². The number of nitrogens with zero attached hydrogens (tertiary/aromatic N) is 3. The molecule has 0 amide bonds. The van der Waals surface area contributed by atoms with Gasteiger partial charge in [0.05, 0.1) is 7.11 Å². The Hall–Kier alpha value is -1.33. The fourth-order valence-corrected chi connectivity index (χ4v) is 2.41. The number of anilines is 1. The normalized spacial score (nSPS) is 16.6. The molecular formula is C14H23N3O2. The first kappa shape index (κ1) is 14.1. The highest BCUT2D eigenvalue weighted by atomic mass is 16.5. The lowest BCUT2D eigenvalue weighted by molar-refractivity contribution is 0.231. The molecule has 0 spiro atoms. The lowest BCUT2D eigenvalue weighted by Crippen LogP contribution is -2.47. The van der Waals surface area contributed by atoms with Crippen molar-refractivity contribution in [3.63, 3.8) is 0 Å². The lowest BCUT2D eigenvalue weighted by atomic mass is 10.2. The molecule has 0 unspecified atom stereocenters. The van der Waals surface area contributed by atoms with Crippen LogP contribution in [0.1, 0.15) is 12.8 Å². The number of aliphatic hydroxyl groups is 1. The molecule has 1 fully saturated rings. The number of aliphatic hydroxyl groups excluding tert-OH is 1. The molecule has 0 bridgehead atoms. The number of unbranched alkanes of at least 4 members (excludes halogenated alkanes) is 1. The minimum atomic E-state index is 0.297. The molecule has 1 saturated heterocycles. The second-order valence-corrected chi connectivity index (χ2v) is 4.79. The maximum absolute atomic E-state index is 8.80. The van der Waals surface area contributed by atoms with Crippen LogP contribution in [-0.2, 0) is 0 Å². The zero-order chi connectivity index (χ0) is 13.5. The van der Waals surface area contributed by atoms with E-state index in [0.29, 0.717) is 6.61 Å². The van der Waals surface area contributed by atoms with E-state index in [0.717, 1.165) is 57.1 Å². The summed E-state index contributed by atoms with van der Waals surface area (Å²) < 4.78 is 5.36. The molecule has 106 valence electrons. The van der Waals surface area contributed by atoms with Gasteiger partial charge in [0.25, 0.3) is 0 Å². The molecule has 0 atom stereocenters. The Bertz CT molecular complexity index is 379. The molecule has 0 aromatic carbocycles. The van der Waals surface area contributed by atoms with Crippen LogP contribution in [0.5, 0.6) is 5.75 Å². The van der Waals surface area contributed by atoms with Crippen molar-refractivity contribution in [3.05, 3.63) is 18.3 Å². The molecule has 19 heavy (non-hydrogen) atoms. The van der Waals surface area contributed by atoms with Crippen LogP contribution in [0.15, 0.2) is 18.3 Å². The summed E-state index contributed by atoms with van der Waals surface area (Å²) in [5, 5.41) is 8.80. The number of aromatic nitrogens is 1. The number of hydrogen-bond acceptors (Lipinski definition) is 5. The third kappa shape index (κ3) is 3.81. The Kier molecular flexibility index (Phi) is 5.42. The highest BCUT2D eigenvalue weighted by Crippen LogP contribution is 2.25. The third-order valence-electron chi connectivity index (χ3n) is 3.53. The topological polar surface area (TPSA) is 48.8 Å². The average Bonchev–Trinajstić information content (AvgIpc) is 2.48. The van der Waals surface area contributed by atoms with Crippen LogP contribution in [0.4, 0.5) is 5.82 Å². The Morgan fingerprint density at radius 2 is 2.05 bits per heavy atom. The molecule has 1 aliphatic heterocycles. The number of methoxy groups -OCH3 is 1. The van der Waals surface area contributed by atoms with E-state index in [1.165, 1.54) is 0 Å². The molecule has 5 heteroatoms. The SMILES string of the molecule is COc1cccnc1N1CCN(CCCCO)CC1. The molecule has 1 aliphatic rings. The summed E-state index contributed by atoms with van der Waals surface area (Å²) in [6, 6.07) is 3.85. The smallest absolute Gasteiger partial charge is 0.171 e. The summed E-state index contributed by atoms with van der Waals surface area (Å²) in [6.07, 6.45) is 3.78. The zero-order valence-electron chi connectivity index (χ0n) is 11.6. The lowest BCUT2D eigenvalue weighted by Gasteiger charge is -2.35. The van der Waals surface area contributed by atoms with Crippen molar-refractivity contribution < 1.29 is 9.84 Å².